The van der Waals surface area contributed by atoms with Crippen molar-refractivity contribution in [2.45, 2.75) is 0 Å². The van der Waals surface area contributed by atoms with Crippen molar-refractivity contribution < 1.29 is 25.2 Å². The zero-order chi connectivity index (χ0) is 6.41. The molecule has 0 aromatic rings. The maximum atomic E-state index is 5.20. The summed E-state index contributed by atoms with van der Waals surface area (Å²) in [5, 5.41) is 0. The quantitative estimate of drug-likeness (QED) is 0.256. The van der Waals surface area contributed by atoms with Gasteiger partial charge in [-0.05, 0) is 0 Å². The fraction of sp³-hybridized carbons (Fsp3) is 0.167. The van der Waals surface area contributed by atoms with Crippen LogP contribution in [0.1, 0.15) is 0 Å². The molecule has 2 N–H and O–H groups in total. The molecule has 0 radical (unpaired) electrons. The second-order valence-electron chi connectivity index (χ2n) is 1.07. The van der Waals surface area contributed by atoms with Crippen LogP contribution in [0.2, 0.25) is 0 Å². The van der Waals surface area contributed by atoms with Gasteiger partial charge < -0.3 is 5.48 Å². The predicted octanol–water partition coefficient (Wildman–Crippen LogP) is 0.0302. The summed E-state index contributed by atoms with van der Waals surface area (Å²) in [6, 6.07) is 0. The van der Waals surface area contributed by atoms with Gasteiger partial charge in [-0.25, -0.2) is 0 Å². The van der Waals surface area contributed by atoms with Crippen LogP contribution in [0.25, 0.3) is 0 Å². The summed E-state index contributed by atoms with van der Waals surface area (Å²) < 4.78 is 4.60. The third-order valence-electron chi connectivity index (χ3n) is 0.557. The number of hydrogen-bond acceptors (Lipinski definition) is 1. The summed E-state index contributed by atoms with van der Waals surface area (Å²) in [7, 11) is 1.51. The van der Waals surface area contributed by atoms with Crippen LogP contribution >= 0.6 is 0 Å². The summed E-state index contributed by atoms with van der Waals surface area (Å²) in [6.45, 7) is 5.20. The average Bonchev–Trinajstić information content (AvgIpc) is 1.83. The number of ether oxygens (including phenoxy) is 1. The van der Waals surface area contributed by atoms with Crippen LogP contribution in [0, 0.1) is 6.58 Å². The van der Waals surface area contributed by atoms with E-state index in [-0.39, 0.29) is 5.48 Å². The van der Waals surface area contributed by atoms with Gasteiger partial charge in [0.2, 0.25) is 0 Å². The summed E-state index contributed by atoms with van der Waals surface area (Å²) in [4.78, 5) is 1.51. The van der Waals surface area contributed by atoms with Crippen LogP contribution in [0.3, 0.4) is 0 Å². The molecule has 0 aliphatic carbocycles. The van der Waals surface area contributed by atoms with E-state index in [1.807, 2.05) is 0 Å². The van der Waals surface area contributed by atoms with Gasteiger partial charge in [-0.15, -0.1) is 0 Å². The molecule has 9 heavy (non-hydrogen) atoms. The van der Waals surface area contributed by atoms with Crippen LogP contribution in [0.15, 0.2) is 17.9 Å². The summed E-state index contributed by atoms with van der Waals surface area (Å²) in [5.74, 6) is 0.373. The summed E-state index contributed by atoms with van der Waals surface area (Å²) >= 11 is 4.23. The fourth-order valence-electron chi connectivity index (χ4n) is 0.193. The zero-order valence-electron chi connectivity index (χ0n) is 5.03. The second-order valence-corrected chi connectivity index (χ2v) is 1.40. The summed E-state index contributed by atoms with van der Waals surface area (Å²) in [6.07, 6.45) is 3.25. The number of allylic oxidation sites excluding steroid dienone is 2. The normalized spacial score (nSPS) is 8.33. The predicted molar refractivity (Wildman–Crippen MR) is 33.6 cm³/mol. The van der Waals surface area contributed by atoms with Gasteiger partial charge in [0.05, 0.1) is 0 Å². The monoisotopic (exact) mass is 171 g/mol. The Balaban J connectivity index is 0. The first-order valence-electron chi connectivity index (χ1n) is 2.04. The zero-order valence-corrected chi connectivity index (χ0v) is 6.02. The van der Waals surface area contributed by atoms with E-state index in [0.29, 0.717) is 5.76 Å². The van der Waals surface area contributed by atoms with Crippen LogP contribution in [-0.4, -0.2) is 17.6 Å². The molecule has 0 aliphatic heterocycles. The first-order valence-corrected chi connectivity index (χ1v) is 2.61. The van der Waals surface area contributed by atoms with Gasteiger partial charge in [0.1, 0.15) is 0 Å². The minimum absolute atomic E-state index is 0. The first-order chi connectivity index (χ1) is 3.81. The van der Waals surface area contributed by atoms with E-state index in [1.54, 1.807) is 12.2 Å². The fourth-order valence-corrected chi connectivity index (χ4v) is 0.288. The van der Waals surface area contributed by atoms with Crippen LogP contribution < -0.4 is 0 Å². The van der Waals surface area contributed by atoms with Crippen molar-refractivity contribution in [3.63, 3.8) is 0 Å². The van der Waals surface area contributed by atoms with E-state index in [1.165, 1.54) is 12.1 Å². The van der Waals surface area contributed by atoms with E-state index in [0.717, 1.165) is 0 Å². The maximum absolute atomic E-state index is 5.20. The van der Waals surface area contributed by atoms with Gasteiger partial charge in [-0.2, -0.15) is 0 Å². The molecular formula is C6H9NiO2-. The third kappa shape index (κ3) is 7.60. The van der Waals surface area contributed by atoms with E-state index in [4.69, 9.17) is 6.58 Å². The van der Waals surface area contributed by atoms with Gasteiger partial charge in [0, 0.05) is 0 Å². The molecule has 0 rings (SSSR count). The molecule has 0 atom stereocenters. The molecule has 3 heteroatoms. The molecule has 0 aliphatic rings. The van der Waals surface area contributed by atoms with Gasteiger partial charge in [-0.3, -0.25) is 0 Å². The van der Waals surface area contributed by atoms with E-state index < -0.39 is 0 Å². The molecule has 0 spiro atoms. The molecule has 0 saturated carbocycles. The Morgan fingerprint density at radius 3 is 2.56 bits per heavy atom. The Labute approximate surface area is 62.4 Å². The Hall–Kier alpha value is -0.396. The van der Waals surface area contributed by atoms with Gasteiger partial charge in [0.15, 0.2) is 0 Å². The Morgan fingerprint density at radius 1 is 1.67 bits per heavy atom. The van der Waals surface area contributed by atoms with Crippen LogP contribution in [0.5, 0.6) is 0 Å². The summed E-state index contributed by atoms with van der Waals surface area (Å²) in [5.41, 5.74) is 0. The molecule has 56 valence electrons. The average molecular weight is 172 g/mol. The molecule has 2 nitrogen and oxygen atoms in total. The second kappa shape index (κ2) is 7.60. The van der Waals surface area contributed by atoms with Crippen molar-refractivity contribution in [1.82, 2.24) is 0 Å². The van der Waals surface area contributed by atoms with Gasteiger partial charge in [0.25, 0.3) is 0 Å². The minimum atomic E-state index is 0. The topological polar surface area (TPSA) is 40.7 Å². The first kappa shape index (κ1) is 11.4. The molecule has 0 fully saturated rings. The molecular weight excluding hydrogens is 163 g/mol. The van der Waals surface area contributed by atoms with E-state index >= 15 is 0 Å². The molecule has 0 unspecified atom stereocenters. The Kier molecular flexibility index (Phi) is 9.64. The Morgan fingerprint density at radius 2 is 2.22 bits per heavy atom. The number of rotatable bonds is 3. The standard InChI is InChI=1S/C6H7O.Ni.H2O/c1-4-5-6(2)7-3;;/h1-2,4-5H,3H3;;1H2/q-1;;/b5-4-;;. The van der Waals surface area contributed by atoms with E-state index in [9.17, 15) is 0 Å². The van der Waals surface area contributed by atoms with Crippen molar-refractivity contribution in [2.75, 3.05) is 7.11 Å². The Bertz CT molecular complexity index is 118. The van der Waals surface area contributed by atoms with Crippen molar-refractivity contribution in [3.05, 3.63) is 24.5 Å². The number of hydrogen-bond donors (Lipinski definition) is 0. The molecule has 0 heterocycles. The third-order valence-corrected chi connectivity index (χ3v) is 0.747. The van der Waals surface area contributed by atoms with Crippen molar-refractivity contribution in [3.8, 4) is 0 Å². The van der Waals surface area contributed by atoms with Crippen LogP contribution in [-0.2, 0) is 19.8 Å². The number of methoxy groups -OCH3 is 1. The van der Waals surface area contributed by atoms with Gasteiger partial charge >= 0.3 is 56.4 Å². The molecule has 0 bridgehead atoms. The molecule has 0 aromatic carbocycles. The van der Waals surface area contributed by atoms with Crippen molar-refractivity contribution >= 4 is 4.99 Å². The van der Waals surface area contributed by atoms with Gasteiger partial charge in [-0.1, -0.05) is 0 Å². The molecule has 0 amide bonds. The molecule has 0 aromatic heterocycles. The molecule has 0 saturated heterocycles. The van der Waals surface area contributed by atoms with Crippen molar-refractivity contribution in [2.24, 2.45) is 0 Å². The van der Waals surface area contributed by atoms with Crippen LogP contribution in [0.4, 0.5) is 0 Å². The SMILES string of the molecule is O.[CH-]=C(/C=C\[CH]=[Ni])OC. The van der Waals surface area contributed by atoms with E-state index in [2.05, 4.69) is 19.8 Å². The van der Waals surface area contributed by atoms with Crippen molar-refractivity contribution in [1.29, 1.82) is 0 Å².